The Labute approximate surface area is 139 Å². The van der Waals surface area contributed by atoms with Crippen LogP contribution in [-0.2, 0) is 24.1 Å². The van der Waals surface area contributed by atoms with Crippen molar-refractivity contribution < 1.29 is 9.53 Å². The molecule has 1 aliphatic heterocycles. The number of carbonyl (C=O) groups excluding carboxylic acids is 1. The monoisotopic (exact) mass is 325 g/mol. The minimum Gasteiger partial charge on any atom is -0.379 e. The largest absolute Gasteiger partial charge is 0.379 e. The van der Waals surface area contributed by atoms with Crippen molar-refractivity contribution in [3.8, 4) is 0 Å². The number of fused-ring (bicyclic) bond motifs is 2. The van der Waals surface area contributed by atoms with E-state index in [0.717, 1.165) is 29.0 Å². The van der Waals surface area contributed by atoms with Crippen LogP contribution in [0.5, 0.6) is 0 Å². The second-order valence-electron chi connectivity index (χ2n) is 5.97. The van der Waals surface area contributed by atoms with Crippen molar-refractivity contribution in [2.45, 2.75) is 25.5 Å². The lowest BCUT2D eigenvalue weighted by atomic mass is 10.2. The van der Waals surface area contributed by atoms with Crippen molar-refractivity contribution in [1.29, 1.82) is 0 Å². The summed E-state index contributed by atoms with van der Waals surface area (Å²) in [6, 6.07) is 9.73. The molecule has 1 aromatic carbocycles. The number of hydrogen-bond acceptors (Lipinski definition) is 4. The summed E-state index contributed by atoms with van der Waals surface area (Å²) >= 11 is 0. The third kappa shape index (κ3) is 2.78. The maximum atomic E-state index is 12.2. The summed E-state index contributed by atoms with van der Waals surface area (Å²) < 4.78 is 7.17. The average Bonchev–Trinajstić information content (AvgIpc) is 3.26. The number of aromatic nitrogens is 4. The number of benzene rings is 1. The number of para-hydroxylation sites is 2. The highest BCUT2D eigenvalue weighted by Gasteiger charge is 2.24. The van der Waals surface area contributed by atoms with Gasteiger partial charge in [0.2, 0.25) is 0 Å². The van der Waals surface area contributed by atoms with Gasteiger partial charge in [0.05, 0.1) is 23.7 Å². The summed E-state index contributed by atoms with van der Waals surface area (Å²) in [5.74, 6) is 0.716. The van der Waals surface area contributed by atoms with Crippen molar-refractivity contribution in [1.82, 2.24) is 25.1 Å². The van der Waals surface area contributed by atoms with E-state index in [0.29, 0.717) is 25.2 Å². The summed E-state index contributed by atoms with van der Waals surface area (Å²) in [6.07, 6.45) is 1.62. The fourth-order valence-corrected chi connectivity index (χ4v) is 3.05. The smallest absolute Gasteiger partial charge is 0.271 e. The number of imidazole rings is 1. The maximum absolute atomic E-state index is 12.2. The molecule has 0 spiro atoms. The summed E-state index contributed by atoms with van der Waals surface area (Å²) in [4.78, 5) is 20.0. The molecule has 0 bridgehead atoms. The molecule has 0 unspecified atom stereocenters. The lowest BCUT2D eigenvalue weighted by Gasteiger charge is -2.05. The van der Waals surface area contributed by atoms with E-state index in [2.05, 4.69) is 20.4 Å². The first-order valence-electron chi connectivity index (χ1n) is 8.04. The van der Waals surface area contributed by atoms with E-state index in [9.17, 15) is 4.79 Å². The average molecular weight is 325 g/mol. The van der Waals surface area contributed by atoms with Crippen molar-refractivity contribution in [2.75, 3.05) is 13.7 Å². The zero-order valence-corrected chi connectivity index (χ0v) is 13.5. The summed E-state index contributed by atoms with van der Waals surface area (Å²) in [5.41, 5.74) is 3.46. The van der Waals surface area contributed by atoms with E-state index in [4.69, 9.17) is 4.74 Å². The molecule has 0 aliphatic carbocycles. The summed E-state index contributed by atoms with van der Waals surface area (Å²) in [5, 5.41) is 7.25. The van der Waals surface area contributed by atoms with E-state index in [1.54, 1.807) is 7.11 Å². The summed E-state index contributed by atoms with van der Waals surface area (Å²) in [6.45, 7) is 1.22. The highest BCUT2D eigenvalue weighted by molar-refractivity contribution is 5.92. The van der Waals surface area contributed by atoms with E-state index < -0.39 is 0 Å². The van der Waals surface area contributed by atoms with Gasteiger partial charge >= 0.3 is 0 Å². The van der Waals surface area contributed by atoms with Crippen LogP contribution in [0.2, 0.25) is 0 Å². The van der Waals surface area contributed by atoms with Gasteiger partial charge < -0.3 is 15.0 Å². The second kappa shape index (κ2) is 6.09. The van der Waals surface area contributed by atoms with Crippen LogP contribution < -0.4 is 5.32 Å². The Morgan fingerprint density at radius 3 is 3.12 bits per heavy atom. The molecule has 4 rings (SSSR count). The molecule has 3 heterocycles. The number of carbonyl (C=O) groups is 1. The van der Waals surface area contributed by atoms with Crippen molar-refractivity contribution in [3.05, 3.63) is 47.5 Å². The molecule has 0 saturated heterocycles. The predicted octanol–water partition coefficient (Wildman–Crippen LogP) is 1.30. The van der Waals surface area contributed by atoms with Crippen LogP contribution in [0, 0.1) is 0 Å². The van der Waals surface area contributed by atoms with E-state index >= 15 is 0 Å². The lowest BCUT2D eigenvalue weighted by Crippen LogP contribution is -2.26. The zero-order chi connectivity index (χ0) is 16.5. The Balaban J connectivity index is 1.34. The van der Waals surface area contributed by atoms with Gasteiger partial charge in [0.1, 0.15) is 11.5 Å². The van der Waals surface area contributed by atoms with Crippen molar-refractivity contribution in [3.63, 3.8) is 0 Å². The van der Waals surface area contributed by atoms with Gasteiger partial charge in [-0.15, -0.1) is 0 Å². The number of methoxy groups -OCH3 is 1. The normalized spacial score (nSPS) is 16.5. The van der Waals surface area contributed by atoms with Crippen molar-refractivity contribution in [2.24, 2.45) is 0 Å². The Kier molecular flexibility index (Phi) is 3.78. The van der Waals surface area contributed by atoms with Crippen LogP contribution in [0.25, 0.3) is 11.0 Å². The Morgan fingerprint density at radius 1 is 1.46 bits per heavy atom. The third-order valence-corrected chi connectivity index (χ3v) is 4.33. The molecule has 124 valence electrons. The van der Waals surface area contributed by atoms with Gasteiger partial charge in [-0.2, -0.15) is 5.10 Å². The first-order chi connectivity index (χ1) is 11.7. The number of ether oxygens (including phenoxy) is 1. The van der Waals surface area contributed by atoms with E-state index in [1.165, 1.54) is 0 Å². The molecule has 2 N–H and O–H groups in total. The molecular formula is C17H19N5O2. The topological polar surface area (TPSA) is 84.8 Å². The van der Waals surface area contributed by atoms with E-state index in [1.807, 2.05) is 35.0 Å². The van der Waals surface area contributed by atoms with Gasteiger partial charge in [-0.1, -0.05) is 12.1 Å². The number of hydrogen-bond donors (Lipinski definition) is 2. The van der Waals surface area contributed by atoms with Gasteiger partial charge in [0, 0.05) is 32.2 Å². The van der Waals surface area contributed by atoms with Gasteiger partial charge in [0.15, 0.2) is 0 Å². The molecule has 0 saturated carbocycles. The number of amides is 1. The number of aromatic amines is 1. The molecule has 7 nitrogen and oxygen atoms in total. The third-order valence-electron chi connectivity index (χ3n) is 4.33. The fraction of sp³-hybridized carbons (Fsp3) is 0.353. The van der Waals surface area contributed by atoms with Crippen LogP contribution >= 0.6 is 0 Å². The molecule has 1 aliphatic rings. The Hall–Kier alpha value is -2.67. The standard InChI is InChI=1S/C17H19N5O2/c1-24-12-8-11-9-15(21-22(11)10-12)17(23)18-7-6-16-19-13-4-2-3-5-14(13)20-16/h2-5,9,12H,6-8,10H2,1H3,(H,18,23)(H,19,20)/t12-/m0/s1. The van der Waals surface area contributed by atoms with Crippen LogP contribution in [0.15, 0.2) is 30.3 Å². The molecular weight excluding hydrogens is 306 g/mol. The number of H-pyrrole nitrogens is 1. The molecule has 24 heavy (non-hydrogen) atoms. The fourth-order valence-electron chi connectivity index (χ4n) is 3.05. The molecule has 0 radical (unpaired) electrons. The van der Waals surface area contributed by atoms with Crippen LogP contribution in [-0.4, -0.2) is 45.4 Å². The van der Waals surface area contributed by atoms with Crippen LogP contribution in [0.3, 0.4) is 0 Å². The first-order valence-corrected chi connectivity index (χ1v) is 8.04. The van der Waals surface area contributed by atoms with Crippen LogP contribution in [0.1, 0.15) is 22.0 Å². The summed E-state index contributed by atoms with van der Waals surface area (Å²) in [7, 11) is 1.70. The number of nitrogens with zero attached hydrogens (tertiary/aromatic N) is 3. The Morgan fingerprint density at radius 2 is 2.33 bits per heavy atom. The van der Waals surface area contributed by atoms with Gasteiger partial charge in [0.25, 0.3) is 5.91 Å². The van der Waals surface area contributed by atoms with E-state index in [-0.39, 0.29) is 12.0 Å². The highest BCUT2D eigenvalue weighted by Crippen LogP contribution is 2.17. The molecule has 1 amide bonds. The molecule has 7 heteroatoms. The van der Waals surface area contributed by atoms with Gasteiger partial charge in [-0.25, -0.2) is 4.98 Å². The SMILES string of the molecule is CO[C@H]1Cc2cc(C(=O)NCCc3nc4ccccc4[nH]3)nn2C1. The highest BCUT2D eigenvalue weighted by atomic mass is 16.5. The number of nitrogens with one attached hydrogen (secondary N) is 2. The molecule has 3 aromatic rings. The minimum atomic E-state index is -0.151. The molecule has 1 atom stereocenters. The second-order valence-corrected chi connectivity index (χ2v) is 5.97. The van der Waals surface area contributed by atoms with Gasteiger partial charge in [-0.3, -0.25) is 9.48 Å². The van der Waals surface area contributed by atoms with Crippen molar-refractivity contribution >= 4 is 16.9 Å². The molecule has 0 fully saturated rings. The Bertz CT molecular complexity index is 826. The molecule has 2 aromatic heterocycles. The first kappa shape index (κ1) is 14.9. The zero-order valence-electron chi connectivity index (χ0n) is 13.5. The quantitative estimate of drug-likeness (QED) is 0.740. The predicted molar refractivity (Wildman–Crippen MR) is 88.9 cm³/mol. The van der Waals surface area contributed by atoms with Gasteiger partial charge in [-0.05, 0) is 18.2 Å². The lowest BCUT2D eigenvalue weighted by molar-refractivity contribution is 0.0936. The minimum absolute atomic E-state index is 0.151. The maximum Gasteiger partial charge on any atom is 0.271 e. The number of rotatable bonds is 5. The van der Waals surface area contributed by atoms with Crippen LogP contribution in [0.4, 0.5) is 0 Å².